The van der Waals surface area contributed by atoms with E-state index >= 15 is 0 Å². The molecule has 0 radical (unpaired) electrons. The van der Waals surface area contributed by atoms with Crippen molar-refractivity contribution in [1.29, 1.82) is 0 Å². The van der Waals surface area contributed by atoms with Crippen molar-refractivity contribution in [3.8, 4) is 0 Å². The molecule has 2 aromatic rings. The number of rotatable bonds is 5. The Morgan fingerprint density at radius 2 is 2.28 bits per heavy atom. The van der Waals surface area contributed by atoms with Gasteiger partial charge in [-0.25, -0.2) is 9.78 Å². The minimum Gasteiger partial charge on any atom is -0.365 e. The van der Waals surface area contributed by atoms with Crippen LogP contribution in [-0.2, 0) is 28.3 Å². The van der Waals surface area contributed by atoms with E-state index in [0.29, 0.717) is 28.7 Å². The molecule has 0 unspecified atom stereocenters. The Morgan fingerprint density at radius 1 is 1.52 bits per heavy atom. The number of aryl methyl sites for hydroxylation is 2. The Hall–Kier alpha value is -2.55. The number of aliphatic imine (C=N–C) groups is 1. The number of nitrogens with zero attached hydrogens (tertiary/aromatic N) is 6. The van der Waals surface area contributed by atoms with E-state index in [0.717, 1.165) is 10.7 Å². The first-order valence-electron chi connectivity index (χ1n) is 8.59. The molecule has 29 heavy (non-hydrogen) atoms. The lowest BCUT2D eigenvalue weighted by Gasteiger charge is -2.32. The summed E-state index contributed by atoms with van der Waals surface area (Å²) in [5.74, 6) is 0.503. The first kappa shape index (κ1) is 19.8. The van der Waals surface area contributed by atoms with Crippen LogP contribution in [0.15, 0.2) is 16.6 Å². The molecule has 1 fully saturated rings. The van der Waals surface area contributed by atoms with Gasteiger partial charge in [0.05, 0.1) is 25.0 Å². The maximum Gasteiger partial charge on any atom is 0.418 e. The molecule has 2 atom stereocenters. The van der Waals surface area contributed by atoms with E-state index in [2.05, 4.69) is 24.7 Å². The number of carbonyl (C=O) groups is 1. The number of amides is 2. The van der Waals surface area contributed by atoms with Crippen LogP contribution in [0.3, 0.4) is 0 Å². The predicted molar refractivity (Wildman–Crippen MR) is 102 cm³/mol. The number of urea groups is 1. The fourth-order valence-electron chi connectivity index (χ4n) is 3.65. The van der Waals surface area contributed by atoms with Gasteiger partial charge in [-0.05, 0) is 6.92 Å². The van der Waals surface area contributed by atoms with E-state index in [4.69, 9.17) is 4.55 Å². The molecule has 2 bridgehead atoms. The number of amidine groups is 1. The molecule has 0 spiro atoms. The Bertz CT molecular complexity index is 1090. The smallest absolute Gasteiger partial charge is 0.365 e. The third-order valence-electron chi connectivity index (χ3n) is 4.79. The van der Waals surface area contributed by atoms with Crippen molar-refractivity contribution >= 4 is 33.6 Å². The highest BCUT2D eigenvalue weighted by Crippen LogP contribution is 2.44. The summed E-state index contributed by atoms with van der Waals surface area (Å²) >= 11 is 1.51. The maximum atomic E-state index is 12.9. The van der Waals surface area contributed by atoms with Crippen molar-refractivity contribution in [1.82, 2.24) is 30.0 Å². The SMILES string of the molecule is CN=C(NCc1nc(C)cs1)[C@@H]1c2c(cnn2C)[C@@H]2CN1C(=O)N2OS(=O)(=O)O. The van der Waals surface area contributed by atoms with Crippen molar-refractivity contribution in [2.75, 3.05) is 13.6 Å². The second-order valence-corrected chi connectivity index (χ2v) is 8.58. The van der Waals surface area contributed by atoms with Crippen LogP contribution in [0, 0.1) is 6.92 Å². The van der Waals surface area contributed by atoms with Gasteiger partial charge in [-0.1, -0.05) is 0 Å². The fraction of sp³-hybridized carbons (Fsp3) is 0.467. The zero-order valence-electron chi connectivity index (χ0n) is 15.8. The molecule has 0 saturated carbocycles. The average Bonchev–Trinajstić information content (AvgIpc) is 3.31. The van der Waals surface area contributed by atoms with Crippen molar-refractivity contribution in [3.05, 3.63) is 33.5 Å². The van der Waals surface area contributed by atoms with Crippen LogP contribution in [0.1, 0.15) is 34.0 Å². The Labute approximate surface area is 170 Å². The molecule has 2 aromatic heterocycles. The van der Waals surface area contributed by atoms with Gasteiger partial charge in [0.2, 0.25) is 0 Å². The van der Waals surface area contributed by atoms with E-state index in [1.54, 1.807) is 25.0 Å². The summed E-state index contributed by atoms with van der Waals surface area (Å²) in [6.45, 7) is 2.49. The minimum absolute atomic E-state index is 0.161. The minimum atomic E-state index is -4.86. The lowest BCUT2D eigenvalue weighted by Crippen LogP contribution is -2.44. The number of hydrogen-bond donors (Lipinski definition) is 2. The first-order valence-corrected chi connectivity index (χ1v) is 10.8. The second-order valence-electron chi connectivity index (χ2n) is 6.64. The summed E-state index contributed by atoms with van der Waals surface area (Å²) < 4.78 is 37.7. The molecule has 4 rings (SSSR count). The van der Waals surface area contributed by atoms with Crippen LogP contribution < -0.4 is 5.32 Å². The lowest BCUT2D eigenvalue weighted by atomic mass is 9.97. The molecule has 4 heterocycles. The molecule has 1 saturated heterocycles. The normalized spacial score (nSPS) is 21.7. The van der Waals surface area contributed by atoms with Crippen LogP contribution in [0.25, 0.3) is 0 Å². The van der Waals surface area contributed by atoms with Gasteiger partial charge in [0.1, 0.15) is 22.9 Å². The van der Waals surface area contributed by atoms with E-state index in [1.165, 1.54) is 16.2 Å². The fourth-order valence-corrected chi connectivity index (χ4v) is 4.73. The van der Waals surface area contributed by atoms with Crippen LogP contribution >= 0.6 is 11.3 Å². The molecule has 156 valence electrons. The zero-order chi connectivity index (χ0) is 20.9. The van der Waals surface area contributed by atoms with Gasteiger partial charge in [0, 0.05) is 30.7 Å². The Balaban J connectivity index is 1.68. The molecule has 0 aliphatic carbocycles. The third kappa shape index (κ3) is 3.48. The first-order chi connectivity index (χ1) is 13.7. The van der Waals surface area contributed by atoms with Crippen LogP contribution in [-0.4, -0.2) is 63.2 Å². The van der Waals surface area contributed by atoms with E-state index in [9.17, 15) is 13.2 Å². The number of aromatic nitrogens is 3. The average molecular weight is 441 g/mol. The quantitative estimate of drug-likeness (QED) is 0.390. The number of hydroxylamine groups is 2. The standard InChI is InChI=1S/C15H19N7O5S2/c1-8-7-28-11(19-8)5-17-14(16-2)13-12-9(4-18-20(12)3)10-6-21(13)15(23)22(10)27-29(24,25)26/h4,7,10,13H,5-6H2,1-3H3,(H,16,17)(H,24,25,26)/t10-,13-/m0/s1. The van der Waals surface area contributed by atoms with Crippen LogP contribution in [0.5, 0.6) is 0 Å². The molecule has 0 aromatic carbocycles. The number of fused-ring (bicyclic) bond motifs is 4. The number of hydrogen-bond acceptors (Lipinski definition) is 8. The van der Waals surface area contributed by atoms with E-state index in [1.807, 2.05) is 12.3 Å². The summed E-state index contributed by atoms with van der Waals surface area (Å²) in [7, 11) is -1.53. The molecule has 2 N–H and O–H groups in total. The van der Waals surface area contributed by atoms with Crippen molar-refractivity contribution in [3.63, 3.8) is 0 Å². The molecular weight excluding hydrogens is 422 g/mol. The highest BCUT2D eigenvalue weighted by atomic mass is 32.3. The lowest BCUT2D eigenvalue weighted by molar-refractivity contribution is -0.0316. The molecule has 2 aliphatic rings. The van der Waals surface area contributed by atoms with Gasteiger partial charge in [0.25, 0.3) is 0 Å². The molecule has 12 nitrogen and oxygen atoms in total. The van der Waals surface area contributed by atoms with Gasteiger partial charge >= 0.3 is 16.4 Å². The molecular formula is C15H19N7O5S2. The second kappa shape index (κ2) is 7.05. The molecule has 2 aliphatic heterocycles. The van der Waals surface area contributed by atoms with Crippen LogP contribution in [0.2, 0.25) is 0 Å². The zero-order valence-corrected chi connectivity index (χ0v) is 17.4. The van der Waals surface area contributed by atoms with Crippen molar-refractivity contribution in [2.45, 2.75) is 25.6 Å². The molecule has 14 heteroatoms. The highest BCUT2D eigenvalue weighted by Gasteiger charge is 2.53. The highest BCUT2D eigenvalue weighted by molar-refractivity contribution is 7.80. The Morgan fingerprint density at radius 3 is 2.90 bits per heavy atom. The number of carbonyl (C=O) groups excluding carboxylic acids is 1. The van der Waals surface area contributed by atoms with Gasteiger partial charge < -0.3 is 10.2 Å². The summed E-state index contributed by atoms with van der Waals surface area (Å²) in [6, 6.07) is -2.03. The van der Waals surface area contributed by atoms with Gasteiger partial charge in [-0.15, -0.1) is 15.6 Å². The summed E-state index contributed by atoms with van der Waals surface area (Å²) in [5, 5.41) is 11.0. The van der Waals surface area contributed by atoms with Gasteiger partial charge in [-0.2, -0.15) is 18.6 Å². The topological polar surface area (TPSA) is 142 Å². The summed E-state index contributed by atoms with van der Waals surface area (Å²) in [4.78, 5) is 23.0. The third-order valence-corrected chi connectivity index (χ3v) is 6.11. The monoisotopic (exact) mass is 441 g/mol. The summed E-state index contributed by atoms with van der Waals surface area (Å²) in [6.07, 6.45) is 1.56. The predicted octanol–water partition coefficient (Wildman–Crippen LogP) is 0.571. The van der Waals surface area contributed by atoms with Gasteiger partial charge in [-0.3, -0.25) is 14.2 Å². The van der Waals surface area contributed by atoms with E-state index in [-0.39, 0.29) is 6.54 Å². The Kier molecular flexibility index (Phi) is 4.80. The maximum absolute atomic E-state index is 12.9. The van der Waals surface area contributed by atoms with E-state index < -0.39 is 28.5 Å². The van der Waals surface area contributed by atoms with Crippen molar-refractivity contribution < 1.29 is 22.0 Å². The van der Waals surface area contributed by atoms with Crippen LogP contribution in [0.4, 0.5) is 4.79 Å². The largest absolute Gasteiger partial charge is 0.418 e. The molecule has 2 amide bonds. The number of nitrogens with one attached hydrogen (secondary N) is 1. The van der Waals surface area contributed by atoms with Crippen molar-refractivity contribution in [2.24, 2.45) is 12.0 Å². The number of thiazole rings is 1. The summed E-state index contributed by atoms with van der Waals surface area (Å²) in [5.41, 5.74) is 2.22. The van der Waals surface area contributed by atoms with Gasteiger partial charge in [0.15, 0.2) is 0 Å².